The molecule has 1 aliphatic rings. The van der Waals surface area contributed by atoms with Crippen LogP contribution in [0, 0.1) is 0 Å². The van der Waals surface area contributed by atoms with Gasteiger partial charge in [-0.3, -0.25) is 14.2 Å². The molecule has 186 valence electrons. The molecule has 0 N–H and O–H groups in total. The molecule has 0 unspecified atom stereocenters. The molecule has 0 spiro atoms. The number of fused-ring (bicyclic) bond motifs is 3. The standard InChI is InChI=1S/C29H27N5O3/c1-37-24-9-3-8-23(19-24)31-14-16-32(17-15-31)28(35)22-7-2-6-21(18-22)20-34-27-25(10-4-12-30-27)33-13-5-11-26(33)29(34)36/h2-13,18-19H,14-17,20H2,1H3. The number of pyridine rings is 1. The van der Waals surface area contributed by atoms with E-state index in [0.717, 1.165) is 35.6 Å². The molecule has 2 aromatic carbocycles. The minimum Gasteiger partial charge on any atom is -0.497 e. The Morgan fingerprint density at radius 2 is 1.73 bits per heavy atom. The summed E-state index contributed by atoms with van der Waals surface area (Å²) in [5.41, 5.74) is 4.57. The fraction of sp³-hybridized carbons (Fsp3) is 0.207. The Morgan fingerprint density at radius 1 is 0.919 bits per heavy atom. The summed E-state index contributed by atoms with van der Waals surface area (Å²) in [5, 5.41) is 0. The summed E-state index contributed by atoms with van der Waals surface area (Å²) in [4.78, 5) is 35.3. The van der Waals surface area contributed by atoms with Crippen LogP contribution in [0.2, 0.25) is 0 Å². The van der Waals surface area contributed by atoms with Crippen LogP contribution in [-0.2, 0) is 6.54 Å². The molecule has 0 aliphatic carbocycles. The zero-order valence-electron chi connectivity index (χ0n) is 20.6. The summed E-state index contributed by atoms with van der Waals surface area (Å²) in [6.07, 6.45) is 3.57. The highest BCUT2D eigenvalue weighted by Crippen LogP contribution is 2.23. The number of anilines is 1. The van der Waals surface area contributed by atoms with Crippen molar-refractivity contribution < 1.29 is 9.53 Å². The molecule has 0 saturated carbocycles. The van der Waals surface area contributed by atoms with Crippen LogP contribution in [0.3, 0.4) is 0 Å². The van der Waals surface area contributed by atoms with Gasteiger partial charge in [0.1, 0.15) is 11.3 Å². The van der Waals surface area contributed by atoms with Gasteiger partial charge in [0.05, 0.1) is 19.2 Å². The maximum absolute atomic E-state index is 13.4. The summed E-state index contributed by atoms with van der Waals surface area (Å²) in [7, 11) is 1.66. The van der Waals surface area contributed by atoms with Crippen LogP contribution in [-0.4, -0.2) is 58.0 Å². The average molecular weight is 494 g/mol. The summed E-state index contributed by atoms with van der Waals surface area (Å²) in [5.74, 6) is 0.829. The minimum atomic E-state index is -0.110. The number of hydrogen-bond acceptors (Lipinski definition) is 5. The lowest BCUT2D eigenvalue weighted by molar-refractivity contribution is 0.0746. The smallest absolute Gasteiger partial charge is 0.276 e. The van der Waals surface area contributed by atoms with Crippen molar-refractivity contribution in [3.05, 3.63) is 107 Å². The highest BCUT2D eigenvalue weighted by molar-refractivity contribution is 5.94. The van der Waals surface area contributed by atoms with E-state index in [1.54, 1.807) is 17.9 Å². The van der Waals surface area contributed by atoms with Crippen molar-refractivity contribution in [3.8, 4) is 5.75 Å². The van der Waals surface area contributed by atoms with E-state index in [1.165, 1.54) is 0 Å². The molecule has 0 radical (unpaired) electrons. The van der Waals surface area contributed by atoms with Gasteiger partial charge in [0.15, 0.2) is 5.65 Å². The number of carbonyl (C=O) groups excluding carboxylic acids is 1. The normalized spacial score (nSPS) is 13.9. The van der Waals surface area contributed by atoms with Gasteiger partial charge in [0.2, 0.25) is 0 Å². The fourth-order valence-electron chi connectivity index (χ4n) is 5.07. The third-order valence-electron chi connectivity index (χ3n) is 6.99. The first-order chi connectivity index (χ1) is 18.1. The molecule has 8 nitrogen and oxygen atoms in total. The van der Waals surface area contributed by atoms with Gasteiger partial charge in [-0.1, -0.05) is 18.2 Å². The topological polar surface area (TPSA) is 72.1 Å². The van der Waals surface area contributed by atoms with Gasteiger partial charge in [-0.2, -0.15) is 0 Å². The van der Waals surface area contributed by atoms with Crippen molar-refractivity contribution in [1.82, 2.24) is 18.9 Å². The summed E-state index contributed by atoms with van der Waals surface area (Å²) < 4.78 is 8.90. The first-order valence-corrected chi connectivity index (χ1v) is 12.3. The van der Waals surface area contributed by atoms with E-state index in [0.29, 0.717) is 36.4 Å². The van der Waals surface area contributed by atoms with Crippen LogP contribution >= 0.6 is 0 Å². The monoisotopic (exact) mass is 493 g/mol. The molecule has 37 heavy (non-hydrogen) atoms. The van der Waals surface area contributed by atoms with E-state index < -0.39 is 0 Å². The largest absolute Gasteiger partial charge is 0.497 e. The molecule has 0 bridgehead atoms. The molecule has 6 rings (SSSR count). The van der Waals surface area contributed by atoms with Crippen LogP contribution in [0.4, 0.5) is 5.69 Å². The third-order valence-corrected chi connectivity index (χ3v) is 6.99. The van der Waals surface area contributed by atoms with Crippen molar-refractivity contribution in [3.63, 3.8) is 0 Å². The predicted octanol–water partition coefficient (Wildman–Crippen LogP) is 3.67. The highest BCUT2D eigenvalue weighted by atomic mass is 16.5. The third kappa shape index (κ3) is 4.20. The van der Waals surface area contributed by atoms with Gasteiger partial charge < -0.3 is 18.9 Å². The number of nitrogens with zero attached hydrogens (tertiary/aromatic N) is 5. The van der Waals surface area contributed by atoms with Gasteiger partial charge in [-0.05, 0) is 54.1 Å². The van der Waals surface area contributed by atoms with Crippen molar-refractivity contribution in [2.75, 3.05) is 38.2 Å². The number of amides is 1. The maximum Gasteiger partial charge on any atom is 0.276 e. The Kier molecular flexibility index (Phi) is 5.84. The summed E-state index contributed by atoms with van der Waals surface area (Å²) in [6, 6.07) is 23.1. The molecule has 4 heterocycles. The second-order valence-electron chi connectivity index (χ2n) is 9.18. The van der Waals surface area contributed by atoms with Crippen molar-refractivity contribution in [2.45, 2.75) is 6.54 Å². The second-order valence-corrected chi connectivity index (χ2v) is 9.18. The number of benzene rings is 2. The molecule has 1 aliphatic heterocycles. The molecule has 3 aromatic heterocycles. The Balaban J connectivity index is 1.22. The average Bonchev–Trinajstić information content (AvgIpc) is 3.46. The highest BCUT2D eigenvalue weighted by Gasteiger charge is 2.23. The van der Waals surface area contributed by atoms with Crippen molar-refractivity contribution in [2.24, 2.45) is 0 Å². The summed E-state index contributed by atoms with van der Waals surface area (Å²) >= 11 is 0. The lowest BCUT2D eigenvalue weighted by Crippen LogP contribution is -2.48. The molecule has 8 heteroatoms. The van der Waals surface area contributed by atoms with Gasteiger partial charge >= 0.3 is 0 Å². The quantitative estimate of drug-likeness (QED) is 0.374. The van der Waals surface area contributed by atoms with Crippen LogP contribution in [0.5, 0.6) is 5.75 Å². The molecule has 1 fully saturated rings. The Morgan fingerprint density at radius 3 is 2.57 bits per heavy atom. The van der Waals surface area contributed by atoms with E-state index in [2.05, 4.69) is 16.0 Å². The van der Waals surface area contributed by atoms with Crippen LogP contribution < -0.4 is 15.2 Å². The Labute approximate surface area is 213 Å². The molecular formula is C29H27N5O3. The molecule has 1 saturated heterocycles. The van der Waals surface area contributed by atoms with Crippen molar-refractivity contribution >= 4 is 28.3 Å². The molecule has 1 amide bonds. The SMILES string of the molecule is COc1cccc(N2CCN(C(=O)c3cccc(Cn4c(=O)c5cccn5c5cccnc54)c3)CC2)c1. The number of methoxy groups -OCH3 is 1. The predicted molar refractivity (Wildman–Crippen MR) is 144 cm³/mol. The number of ether oxygens (including phenoxy) is 1. The lowest BCUT2D eigenvalue weighted by Gasteiger charge is -2.36. The number of hydrogen-bond donors (Lipinski definition) is 0. The van der Waals surface area contributed by atoms with Gasteiger partial charge in [-0.15, -0.1) is 0 Å². The number of aromatic nitrogens is 3. The zero-order valence-corrected chi connectivity index (χ0v) is 20.6. The Bertz CT molecular complexity index is 1660. The first-order valence-electron chi connectivity index (χ1n) is 12.3. The van der Waals surface area contributed by atoms with Crippen LogP contribution in [0.25, 0.3) is 16.7 Å². The van der Waals surface area contributed by atoms with Gasteiger partial charge in [0.25, 0.3) is 11.5 Å². The first kappa shape index (κ1) is 22.8. The minimum absolute atomic E-state index is 0.00418. The van der Waals surface area contributed by atoms with E-state index in [-0.39, 0.29) is 11.5 Å². The lowest BCUT2D eigenvalue weighted by atomic mass is 10.1. The fourth-order valence-corrected chi connectivity index (χ4v) is 5.07. The van der Waals surface area contributed by atoms with Crippen LogP contribution in [0.15, 0.2) is 90.0 Å². The number of rotatable bonds is 5. The number of piperazine rings is 1. The molecular weight excluding hydrogens is 466 g/mol. The Hall–Kier alpha value is -4.59. The van der Waals surface area contributed by atoms with Gasteiger partial charge in [0, 0.05) is 55.9 Å². The second kappa shape index (κ2) is 9.46. The summed E-state index contributed by atoms with van der Waals surface area (Å²) in [6.45, 7) is 3.11. The van der Waals surface area contributed by atoms with Crippen LogP contribution in [0.1, 0.15) is 15.9 Å². The zero-order chi connectivity index (χ0) is 25.4. The van der Waals surface area contributed by atoms with Crippen molar-refractivity contribution in [1.29, 1.82) is 0 Å². The van der Waals surface area contributed by atoms with E-state index >= 15 is 0 Å². The number of carbonyl (C=O) groups is 1. The van der Waals surface area contributed by atoms with E-state index in [1.807, 2.05) is 82.2 Å². The van der Waals surface area contributed by atoms with Gasteiger partial charge in [-0.25, -0.2) is 4.98 Å². The molecule has 0 atom stereocenters. The van der Waals surface area contributed by atoms with E-state index in [4.69, 9.17) is 4.74 Å². The molecule has 5 aromatic rings. The van der Waals surface area contributed by atoms with E-state index in [9.17, 15) is 9.59 Å². The maximum atomic E-state index is 13.4.